The predicted octanol–water partition coefficient (Wildman–Crippen LogP) is 4.45. The van der Waals surface area contributed by atoms with E-state index >= 15 is 0 Å². The van der Waals surface area contributed by atoms with Crippen molar-refractivity contribution in [1.29, 1.82) is 0 Å². The zero-order valence-corrected chi connectivity index (χ0v) is 17.0. The molecule has 2 heterocycles. The van der Waals surface area contributed by atoms with Crippen molar-refractivity contribution in [1.82, 2.24) is 14.7 Å². The standard InChI is InChI=1S/C21H20Cl2N4O/c1-15-2-3-18(23)12-20(15)25-8-10-26(11-9-25)21(28)16-13-24-27(14-16)19-6-4-17(22)5-7-19/h2-7,12-14H,8-11H2,1H3. The normalized spacial score (nSPS) is 14.4. The van der Waals surface area contributed by atoms with E-state index in [1.807, 2.05) is 35.2 Å². The number of piperazine rings is 1. The molecule has 0 N–H and O–H groups in total. The van der Waals surface area contributed by atoms with Crippen molar-refractivity contribution in [3.8, 4) is 5.69 Å². The van der Waals surface area contributed by atoms with Crippen LogP contribution >= 0.6 is 23.2 Å². The van der Waals surface area contributed by atoms with Gasteiger partial charge in [-0.25, -0.2) is 4.68 Å². The van der Waals surface area contributed by atoms with Crippen LogP contribution in [0.1, 0.15) is 15.9 Å². The lowest BCUT2D eigenvalue weighted by molar-refractivity contribution is 0.0747. The molecule has 3 aromatic rings. The first-order valence-electron chi connectivity index (χ1n) is 9.12. The topological polar surface area (TPSA) is 41.4 Å². The number of hydrogen-bond donors (Lipinski definition) is 0. The highest BCUT2D eigenvalue weighted by Crippen LogP contribution is 2.25. The molecule has 1 aliphatic rings. The molecular formula is C21H20Cl2N4O. The lowest BCUT2D eigenvalue weighted by atomic mass is 10.1. The fourth-order valence-electron chi connectivity index (χ4n) is 3.42. The van der Waals surface area contributed by atoms with Gasteiger partial charge in [0.25, 0.3) is 5.91 Å². The Kier molecular flexibility index (Phi) is 5.29. The van der Waals surface area contributed by atoms with Crippen molar-refractivity contribution in [3.63, 3.8) is 0 Å². The fraction of sp³-hybridized carbons (Fsp3) is 0.238. The third kappa shape index (κ3) is 3.86. The average molecular weight is 415 g/mol. The van der Waals surface area contributed by atoms with Gasteiger partial charge in [0, 0.05) is 48.1 Å². The van der Waals surface area contributed by atoms with Crippen LogP contribution in [0.5, 0.6) is 0 Å². The molecule has 144 valence electrons. The second-order valence-corrected chi connectivity index (χ2v) is 7.73. The maximum atomic E-state index is 12.9. The summed E-state index contributed by atoms with van der Waals surface area (Å²) in [6.07, 6.45) is 3.38. The minimum Gasteiger partial charge on any atom is -0.368 e. The first kappa shape index (κ1) is 18.8. The molecule has 7 heteroatoms. The summed E-state index contributed by atoms with van der Waals surface area (Å²) < 4.78 is 1.69. The van der Waals surface area contributed by atoms with Crippen LogP contribution in [0.2, 0.25) is 10.0 Å². The van der Waals surface area contributed by atoms with E-state index in [0.717, 1.165) is 29.5 Å². The van der Waals surface area contributed by atoms with Gasteiger partial charge in [-0.15, -0.1) is 0 Å². The Morgan fingerprint density at radius 3 is 2.36 bits per heavy atom. The highest BCUT2D eigenvalue weighted by atomic mass is 35.5. The molecule has 0 spiro atoms. The summed E-state index contributed by atoms with van der Waals surface area (Å²) in [5, 5.41) is 5.71. The molecule has 4 rings (SSSR count). The quantitative estimate of drug-likeness (QED) is 0.635. The Balaban J connectivity index is 1.43. The summed E-state index contributed by atoms with van der Waals surface area (Å²) >= 11 is 12.1. The van der Waals surface area contributed by atoms with Crippen molar-refractivity contribution in [2.45, 2.75) is 6.92 Å². The zero-order valence-electron chi connectivity index (χ0n) is 15.5. The third-order valence-electron chi connectivity index (χ3n) is 5.00. The predicted molar refractivity (Wildman–Crippen MR) is 113 cm³/mol. The lowest BCUT2D eigenvalue weighted by Gasteiger charge is -2.36. The minimum absolute atomic E-state index is 0.00248. The Bertz CT molecular complexity index is 992. The van der Waals surface area contributed by atoms with Crippen molar-refractivity contribution >= 4 is 34.8 Å². The molecule has 0 aliphatic carbocycles. The van der Waals surface area contributed by atoms with Crippen LogP contribution in [0, 0.1) is 6.92 Å². The number of aryl methyl sites for hydroxylation is 1. The van der Waals surface area contributed by atoms with Gasteiger partial charge in [-0.2, -0.15) is 5.10 Å². The van der Waals surface area contributed by atoms with Gasteiger partial charge in [-0.1, -0.05) is 29.3 Å². The molecule has 1 amide bonds. The molecule has 2 aromatic carbocycles. The molecule has 0 radical (unpaired) electrons. The van der Waals surface area contributed by atoms with Gasteiger partial charge in [0.05, 0.1) is 17.4 Å². The number of anilines is 1. The maximum Gasteiger partial charge on any atom is 0.257 e. The van der Waals surface area contributed by atoms with Gasteiger partial charge in [0.15, 0.2) is 0 Å². The number of carbonyl (C=O) groups is 1. The number of aromatic nitrogens is 2. The van der Waals surface area contributed by atoms with E-state index in [2.05, 4.69) is 16.9 Å². The Hall–Kier alpha value is -2.50. The molecule has 0 saturated carbocycles. The average Bonchev–Trinajstić information content (AvgIpc) is 3.20. The van der Waals surface area contributed by atoms with Gasteiger partial charge in [-0.05, 0) is 48.9 Å². The highest BCUT2D eigenvalue weighted by Gasteiger charge is 2.24. The Morgan fingerprint density at radius 2 is 1.64 bits per heavy atom. The molecule has 0 atom stereocenters. The van der Waals surface area contributed by atoms with Crippen LogP contribution in [0.4, 0.5) is 5.69 Å². The first-order chi connectivity index (χ1) is 13.5. The second kappa shape index (κ2) is 7.86. The number of nitrogens with zero attached hydrogens (tertiary/aromatic N) is 4. The highest BCUT2D eigenvalue weighted by molar-refractivity contribution is 6.31. The van der Waals surface area contributed by atoms with E-state index in [9.17, 15) is 4.79 Å². The van der Waals surface area contributed by atoms with Gasteiger partial charge in [0.2, 0.25) is 0 Å². The molecule has 5 nitrogen and oxygen atoms in total. The van der Waals surface area contributed by atoms with Crippen LogP contribution < -0.4 is 4.90 Å². The van der Waals surface area contributed by atoms with E-state index in [0.29, 0.717) is 23.7 Å². The Morgan fingerprint density at radius 1 is 0.964 bits per heavy atom. The minimum atomic E-state index is 0.00248. The molecule has 1 fully saturated rings. The molecule has 0 unspecified atom stereocenters. The van der Waals surface area contributed by atoms with E-state index in [4.69, 9.17) is 23.2 Å². The van der Waals surface area contributed by atoms with Crippen LogP contribution in [0.3, 0.4) is 0 Å². The number of amides is 1. The first-order valence-corrected chi connectivity index (χ1v) is 9.88. The molecule has 28 heavy (non-hydrogen) atoms. The molecule has 1 aliphatic heterocycles. The van der Waals surface area contributed by atoms with Crippen molar-refractivity contribution in [2.75, 3.05) is 31.1 Å². The summed E-state index contributed by atoms with van der Waals surface area (Å²) in [5.41, 5.74) is 3.77. The smallest absolute Gasteiger partial charge is 0.257 e. The van der Waals surface area contributed by atoms with Gasteiger partial charge < -0.3 is 9.80 Å². The van der Waals surface area contributed by atoms with Crippen LogP contribution in [-0.2, 0) is 0 Å². The lowest BCUT2D eigenvalue weighted by Crippen LogP contribution is -2.49. The van der Waals surface area contributed by atoms with Crippen LogP contribution in [0.15, 0.2) is 54.9 Å². The summed E-state index contributed by atoms with van der Waals surface area (Å²) in [6.45, 7) is 4.96. The molecule has 1 aromatic heterocycles. The van der Waals surface area contributed by atoms with Crippen molar-refractivity contribution in [3.05, 3.63) is 76.0 Å². The zero-order chi connectivity index (χ0) is 19.7. The van der Waals surface area contributed by atoms with E-state index in [1.165, 1.54) is 5.56 Å². The van der Waals surface area contributed by atoms with E-state index < -0.39 is 0 Å². The SMILES string of the molecule is Cc1ccc(Cl)cc1N1CCN(C(=O)c2cnn(-c3ccc(Cl)cc3)c2)CC1. The summed E-state index contributed by atoms with van der Waals surface area (Å²) in [6, 6.07) is 13.3. The summed E-state index contributed by atoms with van der Waals surface area (Å²) in [7, 11) is 0. The monoisotopic (exact) mass is 414 g/mol. The Labute approximate surface area is 174 Å². The van der Waals surface area contributed by atoms with Gasteiger partial charge in [-0.3, -0.25) is 4.79 Å². The van der Waals surface area contributed by atoms with Crippen LogP contribution in [0.25, 0.3) is 5.69 Å². The van der Waals surface area contributed by atoms with Crippen LogP contribution in [-0.4, -0.2) is 46.8 Å². The van der Waals surface area contributed by atoms with Gasteiger partial charge >= 0.3 is 0 Å². The number of halogens is 2. The molecular weight excluding hydrogens is 395 g/mol. The molecule has 0 bridgehead atoms. The molecule has 1 saturated heterocycles. The third-order valence-corrected chi connectivity index (χ3v) is 5.49. The van der Waals surface area contributed by atoms with E-state index in [1.54, 1.807) is 29.2 Å². The number of carbonyl (C=O) groups excluding carboxylic acids is 1. The summed E-state index contributed by atoms with van der Waals surface area (Å²) in [5.74, 6) is 0.00248. The van der Waals surface area contributed by atoms with E-state index in [-0.39, 0.29) is 5.91 Å². The second-order valence-electron chi connectivity index (χ2n) is 6.86. The largest absolute Gasteiger partial charge is 0.368 e. The van der Waals surface area contributed by atoms with Gasteiger partial charge in [0.1, 0.15) is 0 Å². The van der Waals surface area contributed by atoms with Crippen molar-refractivity contribution in [2.24, 2.45) is 0 Å². The fourth-order valence-corrected chi connectivity index (χ4v) is 3.72. The van der Waals surface area contributed by atoms with Crippen molar-refractivity contribution < 1.29 is 4.79 Å². The number of benzene rings is 2. The maximum absolute atomic E-state index is 12.9. The summed E-state index contributed by atoms with van der Waals surface area (Å²) in [4.78, 5) is 17.0. The number of rotatable bonds is 3. The number of hydrogen-bond acceptors (Lipinski definition) is 3.